The largest absolute Gasteiger partial charge is 0.495 e. The fourth-order valence-corrected chi connectivity index (χ4v) is 2.48. The minimum atomic E-state index is -0.0596. The predicted molar refractivity (Wildman–Crippen MR) is 81.5 cm³/mol. The molecule has 1 heterocycles. The smallest absolute Gasteiger partial charge is 0.246 e. The van der Waals surface area contributed by atoms with E-state index in [0.717, 1.165) is 18.5 Å². The van der Waals surface area contributed by atoms with E-state index in [1.165, 1.54) is 0 Å². The topological polar surface area (TPSA) is 49.9 Å². The zero-order valence-electron chi connectivity index (χ0n) is 12.7. The van der Waals surface area contributed by atoms with Gasteiger partial charge in [-0.2, -0.15) is 0 Å². The van der Waals surface area contributed by atoms with Gasteiger partial charge in [0.05, 0.1) is 12.8 Å². The van der Waals surface area contributed by atoms with E-state index in [-0.39, 0.29) is 18.4 Å². The van der Waals surface area contributed by atoms with Crippen molar-refractivity contribution in [1.82, 2.24) is 4.90 Å². The summed E-state index contributed by atoms with van der Waals surface area (Å²) in [6, 6.07) is 7.45. The number of methoxy groups -OCH3 is 1. The van der Waals surface area contributed by atoms with Crippen LogP contribution >= 0.6 is 0 Å². The number of nitrogens with zero attached hydrogens (tertiary/aromatic N) is 2. The second kappa shape index (κ2) is 7.11. The molecular weight excluding hydrogens is 268 g/mol. The summed E-state index contributed by atoms with van der Waals surface area (Å²) in [5.41, 5.74) is 0.769. The maximum absolute atomic E-state index is 12.3. The summed E-state index contributed by atoms with van der Waals surface area (Å²) in [6.07, 6.45) is 2.39. The zero-order chi connectivity index (χ0) is 15.2. The molecule has 2 rings (SSSR count). The van der Waals surface area contributed by atoms with Crippen molar-refractivity contribution in [3.63, 3.8) is 0 Å². The third kappa shape index (κ3) is 3.54. The second-order valence-electron chi connectivity index (χ2n) is 5.14. The van der Waals surface area contributed by atoms with Crippen molar-refractivity contribution in [3.8, 4) is 5.75 Å². The molecule has 1 aromatic carbocycles. The highest BCUT2D eigenvalue weighted by atomic mass is 16.5. The molecule has 0 radical (unpaired) electrons. The first-order valence-electron chi connectivity index (χ1n) is 7.38. The molecule has 114 valence electrons. The molecule has 21 heavy (non-hydrogen) atoms. The predicted octanol–water partition coefficient (Wildman–Crippen LogP) is 2.06. The highest BCUT2D eigenvalue weighted by Crippen LogP contribution is 2.28. The molecule has 5 nitrogen and oxygen atoms in total. The third-order valence-electron chi connectivity index (χ3n) is 3.69. The van der Waals surface area contributed by atoms with Crippen LogP contribution < -0.4 is 9.64 Å². The maximum atomic E-state index is 12.3. The van der Waals surface area contributed by atoms with Crippen molar-refractivity contribution in [1.29, 1.82) is 0 Å². The molecular formula is C16H22N2O3. The van der Waals surface area contributed by atoms with Gasteiger partial charge in [-0.05, 0) is 18.6 Å². The molecule has 0 bridgehead atoms. The van der Waals surface area contributed by atoms with Gasteiger partial charge in [0.15, 0.2) is 0 Å². The van der Waals surface area contributed by atoms with Crippen LogP contribution in [0.3, 0.4) is 0 Å². The monoisotopic (exact) mass is 290 g/mol. The molecule has 0 unspecified atom stereocenters. The van der Waals surface area contributed by atoms with E-state index in [2.05, 4.69) is 6.92 Å². The molecule has 0 spiro atoms. The zero-order valence-corrected chi connectivity index (χ0v) is 12.7. The maximum Gasteiger partial charge on any atom is 0.246 e. The lowest BCUT2D eigenvalue weighted by molar-refractivity contribution is -0.136. The number of rotatable bonds is 5. The van der Waals surface area contributed by atoms with E-state index in [0.29, 0.717) is 25.3 Å². The number of piperazine rings is 1. The van der Waals surface area contributed by atoms with Crippen LogP contribution in [0.15, 0.2) is 24.3 Å². The lowest BCUT2D eigenvalue weighted by atomic mass is 10.2. The molecule has 1 aromatic rings. The molecule has 1 aliphatic heterocycles. The Morgan fingerprint density at radius 1 is 1.29 bits per heavy atom. The minimum absolute atomic E-state index is 0.0596. The number of anilines is 1. The number of hydrogen-bond acceptors (Lipinski definition) is 3. The summed E-state index contributed by atoms with van der Waals surface area (Å²) in [4.78, 5) is 27.7. The van der Waals surface area contributed by atoms with Crippen LogP contribution in [-0.4, -0.2) is 43.5 Å². The van der Waals surface area contributed by atoms with E-state index in [1.807, 2.05) is 24.3 Å². The Labute approximate surface area is 125 Å². The van der Waals surface area contributed by atoms with Crippen molar-refractivity contribution in [2.45, 2.75) is 26.2 Å². The Hall–Kier alpha value is -2.04. The van der Waals surface area contributed by atoms with Crippen molar-refractivity contribution >= 4 is 17.5 Å². The molecule has 1 fully saturated rings. The van der Waals surface area contributed by atoms with Gasteiger partial charge in [-0.15, -0.1) is 0 Å². The number of carbonyl (C=O) groups is 2. The van der Waals surface area contributed by atoms with Gasteiger partial charge in [-0.3, -0.25) is 9.59 Å². The van der Waals surface area contributed by atoms with Crippen LogP contribution in [0, 0.1) is 0 Å². The van der Waals surface area contributed by atoms with E-state index in [4.69, 9.17) is 4.74 Å². The number of para-hydroxylation sites is 2. The van der Waals surface area contributed by atoms with Crippen molar-refractivity contribution in [3.05, 3.63) is 24.3 Å². The van der Waals surface area contributed by atoms with Crippen molar-refractivity contribution in [2.24, 2.45) is 0 Å². The molecule has 0 aliphatic carbocycles. The summed E-state index contributed by atoms with van der Waals surface area (Å²) >= 11 is 0. The van der Waals surface area contributed by atoms with Crippen LogP contribution in [0.1, 0.15) is 26.2 Å². The van der Waals surface area contributed by atoms with Crippen LogP contribution in [0.2, 0.25) is 0 Å². The first-order chi connectivity index (χ1) is 10.2. The van der Waals surface area contributed by atoms with Gasteiger partial charge < -0.3 is 14.5 Å². The summed E-state index contributed by atoms with van der Waals surface area (Å²) in [7, 11) is 1.59. The summed E-state index contributed by atoms with van der Waals surface area (Å²) in [5.74, 6) is 0.692. The van der Waals surface area contributed by atoms with Gasteiger partial charge in [0.1, 0.15) is 12.3 Å². The quantitative estimate of drug-likeness (QED) is 0.834. The normalized spacial score (nSPS) is 15.2. The summed E-state index contributed by atoms with van der Waals surface area (Å²) < 4.78 is 5.30. The first-order valence-corrected chi connectivity index (χ1v) is 7.38. The number of hydrogen-bond donors (Lipinski definition) is 0. The van der Waals surface area contributed by atoms with Gasteiger partial charge >= 0.3 is 0 Å². The van der Waals surface area contributed by atoms with Crippen molar-refractivity contribution in [2.75, 3.05) is 31.6 Å². The SMILES string of the molecule is CCCCC(=O)N1CCN(c2ccccc2OC)C(=O)C1. The minimum Gasteiger partial charge on any atom is -0.495 e. The lowest BCUT2D eigenvalue weighted by Gasteiger charge is -2.35. The molecule has 0 atom stereocenters. The van der Waals surface area contributed by atoms with Gasteiger partial charge in [-0.1, -0.05) is 25.5 Å². The lowest BCUT2D eigenvalue weighted by Crippen LogP contribution is -2.52. The Morgan fingerprint density at radius 3 is 2.71 bits per heavy atom. The molecule has 5 heteroatoms. The van der Waals surface area contributed by atoms with Gasteiger partial charge in [-0.25, -0.2) is 0 Å². The van der Waals surface area contributed by atoms with Gasteiger partial charge in [0.2, 0.25) is 11.8 Å². The molecule has 2 amide bonds. The van der Waals surface area contributed by atoms with Crippen molar-refractivity contribution < 1.29 is 14.3 Å². The number of amides is 2. The Morgan fingerprint density at radius 2 is 2.05 bits per heavy atom. The fourth-order valence-electron chi connectivity index (χ4n) is 2.48. The highest BCUT2D eigenvalue weighted by Gasteiger charge is 2.28. The number of ether oxygens (including phenoxy) is 1. The first kappa shape index (κ1) is 15.4. The number of carbonyl (C=O) groups excluding carboxylic acids is 2. The summed E-state index contributed by atoms with van der Waals surface area (Å²) in [6.45, 7) is 3.29. The molecule has 0 aromatic heterocycles. The molecule has 1 aliphatic rings. The second-order valence-corrected chi connectivity index (χ2v) is 5.14. The number of benzene rings is 1. The average molecular weight is 290 g/mol. The molecule has 0 saturated carbocycles. The van der Waals surface area contributed by atoms with E-state index < -0.39 is 0 Å². The Kier molecular flexibility index (Phi) is 5.20. The van der Waals surface area contributed by atoms with Crippen LogP contribution in [-0.2, 0) is 9.59 Å². The molecule has 0 N–H and O–H groups in total. The highest BCUT2D eigenvalue weighted by molar-refractivity contribution is 5.99. The van der Waals surface area contributed by atoms with E-state index in [1.54, 1.807) is 16.9 Å². The van der Waals surface area contributed by atoms with E-state index >= 15 is 0 Å². The third-order valence-corrected chi connectivity index (χ3v) is 3.69. The Bertz CT molecular complexity index is 516. The number of unbranched alkanes of at least 4 members (excludes halogenated alkanes) is 1. The van der Waals surface area contributed by atoms with Crippen LogP contribution in [0.5, 0.6) is 5.75 Å². The van der Waals surface area contributed by atoms with Gasteiger partial charge in [0, 0.05) is 19.5 Å². The van der Waals surface area contributed by atoms with Gasteiger partial charge in [0.25, 0.3) is 0 Å². The molecule has 1 saturated heterocycles. The van der Waals surface area contributed by atoms with Crippen LogP contribution in [0.25, 0.3) is 0 Å². The Balaban J connectivity index is 2.04. The van der Waals surface area contributed by atoms with Crippen LogP contribution in [0.4, 0.5) is 5.69 Å². The standard InChI is InChI=1S/C16H22N2O3/c1-3-4-9-15(19)17-10-11-18(16(20)12-17)13-7-5-6-8-14(13)21-2/h5-8H,3-4,9-12H2,1-2H3. The summed E-state index contributed by atoms with van der Waals surface area (Å²) in [5, 5.41) is 0. The van der Waals surface area contributed by atoms with E-state index in [9.17, 15) is 9.59 Å². The average Bonchev–Trinajstić information content (AvgIpc) is 2.52. The fraction of sp³-hybridized carbons (Fsp3) is 0.500.